The summed E-state index contributed by atoms with van der Waals surface area (Å²) in [6, 6.07) is 50.9. The summed E-state index contributed by atoms with van der Waals surface area (Å²) in [5.41, 5.74) is 7.89. The van der Waals surface area contributed by atoms with Crippen LogP contribution in [0, 0.1) is 0 Å². The van der Waals surface area contributed by atoms with Crippen LogP contribution in [-0.4, -0.2) is 4.57 Å². The van der Waals surface area contributed by atoms with Gasteiger partial charge in [0.15, 0.2) is 0 Å². The normalized spacial score (nSPS) is 12.3. The molecule has 2 nitrogen and oxygen atoms in total. The van der Waals surface area contributed by atoms with Crippen molar-refractivity contribution in [2.45, 2.75) is 0 Å². The van der Waals surface area contributed by atoms with Crippen LogP contribution in [0.5, 0.6) is 0 Å². The maximum atomic E-state index is 6.46. The summed E-state index contributed by atoms with van der Waals surface area (Å²) in [7, 11) is 0. The topological polar surface area (TPSA) is 18.1 Å². The van der Waals surface area contributed by atoms with Crippen LogP contribution in [0.25, 0.3) is 101 Å². The van der Waals surface area contributed by atoms with E-state index in [1.54, 1.807) is 0 Å². The molecule has 46 heavy (non-hydrogen) atoms. The van der Waals surface area contributed by atoms with Crippen molar-refractivity contribution in [1.82, 2.24) is 4.57 Å². The van der Waals surface area contributed by atoms with Crippen molar-refractivity contribution in [2.75, 3.05) is 0 Å². The second-order valence-corrected chi connectivity index (χ2v) is 14.2. The molecule has 7 aromatic carbocycles. The first kappa shape index (κ1) is 24.8. The predicted octanol–water partition coefficient (Wildman–Crippen LogP) is 13.1. The molecule has 0 aliphatic carbocycles. The van der Waals surface area contributed by atoms with E-state index in [-0.39, 0.29) is 0 Å². The number of thiophene rings is 2. The Morgan fingerprint density at radius 2 is 1.13 bits per heavy atom. The molecule has 11 rings (SSSR count). The fourth-order valence-electron chi connectivity index (χ4n) is 7.56. The zero-order valence-corrected chi connectivity index (χ0v) is 26.1. The number of fused-ring (bicyclic) bond motifs is 12. The molecule has 0 spiro atoms. The van der Waals surface area contributed by atoms with Gasteiger partial charge in [0.25, 0.3) is 0 Å². The Bertz CT molecular complexity index is 3040. The second-order valence-electron chi connectivity index (χ2n) is 12.1. The highest BCUT2D eigenvalue weighted by atomic mass is 32.1. The van der Waals surface area contributed by atoms with Crippen molar-refractivity contribution in [3.8, 4) is 16.8 Å². The van der Waals surface area contributed by atoms with E-state index in [4.69, 9.17) is 4.42 Å². The lowest BCUT2D eigenvalue weighted by molar-refractivity contribution is 0.670. The summed E-state index contributed by atoms with van der Waals surface area (Å²) in [5.74, 6) is 0. The first-order chi connectivity index (χ1) is 22.8. The lowest BCUT2D eigenvalue weighted by Crippen LogP contribution is -1.93. The van der Waals surface area contributed by atoms with Gasteiger partial charge in [0.2, 0.25) is 0 Å². The average Bonchev–Trinajstić information content (AvgIpc) is 3.85. The quantitative estimate of drug-likeness (QED) is 0.188. The number of nitrogens with zero attached hydrogens (tertiary/aromatic N) is 1. The predicted molar refractivity (Wildman–Crippen MR) is 199 cm³/mol. The molecule has 214 valence electrons. The average molecular weight is 622 g/mol. The van der Waals surface area contributed by atoms with E-state index in [0.717, 1.165) is 27.5 Å². The smallest absolute Gasteiger partial charge is 0.143 e. The second kappa shape index (κ2) is 9.07. The molecular weight excluding hydrogens is 599 g/mol. The molecule has 0 atom stereocenters. The molecule has 0 fully saturated rings. The maximum Gasteiger partial charge on any atom is 0.143 e. The van der Waals surface area contributed by atoms with Gasteiger partial charge < -0.3 is 8.98 Å². The molecule has 0 aliphatic rings. The Morgan fingerprint density at radius 1 is 0.413 bits per heavy atom. The first-order valence-corrected chi connectivity index (χ1v) is 17.1. The van der Waals surface area contributed by atoms with Gasteiger partial charge in [-0.15, -0.1) is 22.7 Å². The minimum Gasteiger partial charge on any atom is -0.455 e. The number of para-hydroxylation sites is 3. The van der Waals surface area contributed by atoms with Gasteiger partial charge in [0.1, 0.15) is 11.2 Å². The highest BCUT2D eigenvalue weighted by Gasteiger charge is 2.19. The molecule has 0 N–H and O–H groups in total. The van der Waals surface area contributed by atoms with Crippen molar-refractivity contribution in [3.63, 3.8) is 0 Å². The van der Waals surface area contributed by atoms with Crippen LogP contribution in [0.3, 0.4) is 0 Å². The van der Waals surface area contributed by atoms with Gasteiger partial charge in [-0.25, -0.2) is 0 Å². The fourth-order valence-corrected chi connectivity index (χ4v) is 9.90. The summed E-state index contributed by atoms with van der Waals surface area (Å²) in [4.78, 5) is 0. The molecule has 4 aromatic heterocycles. The van der Waals surface area contributed by atoms with Gasteiger partial charge in [-0.2, -0.15) is 0 Å². The van der Waals surface area contributed by atoms with Crippen molar-refractivity contribution in [3.05, 3.63) is 140 Å². The van der Waals surface area contributed by atoms with Crippen LogP contribution in [-0.2, 0) is 0 Å². The number of aromatic nitrogens is 1. The lowest BCUT2D eigenvalue weighted by atomic mass is 10.00. The van der Waals surface area contributed by atoms with Crippen LogP contribution in [0.15, 0.2) is 144 Å². The van der Waals surface area contributed by atoms with E-state index >= 15 is 0 Å². The summed E-state index contributed by atoms with van der Waals surface area (Å²) >= 11 is 3.75. The Morgan fingerprint density at radius 3 is 2.07 bits per heavy atom. The Labute approximate surface area is 270 Å². The standard InChI is InChI=1S/C42H23NOS2/c1-4-16-35-25(9-1)32-23-40-34(27-11-3-6-18-38(27)45-40)22-36(32)43(35)24-19-20-39-33(21-24)31-15-8-14-30(42(31)46-39)29-13-7-12-28-26-10-2-5-17-37(26)44-41(28)29/h1-23H. The Kier molecular flexibility index (Phi) is 4.90. The number of rotatable bonds is 2. The van der Waals surface area contributed by atoms with Gasteiger partial charge in [-0.3, -0.25) is 0 Å². The third kappa shape index (κ3) is 3.30. The van der Waals surface area contributed by atoms with E-state index in [1.165, 1.54) is 73.4 Å². The molecule has 4 heterocycles. The van der Waals surface area contributed by atoms with Crippen LogP contribution in [0.1, 0.15) is 0 Å². The zero-order chi connectivity index (χ0) is 29.9. The van der Waals surface area contributed by atoms with Crippen LogP contribution in [0.4, 0.5) is 0 Å². The lowest BCUT2D eigenvalue weighted by Gasteiger charge is -2.09. The van der Waals surface area contributed by atoms with Crippen LogP contribution < -0.4 is 0 Å². The Balaban J connectivity index is 1.17. The molecule has 0 amide bonds. The molecule has 0 bridgehead atoms. The number of hydrogen-bond donors (Lipinski definition) is 0. The monoisotopic (exact) mass is 621 g/mol. The van der Waals surface area contributed by atoms with E-state index in [0.29, 0.717) is 0 Å². The summed E-state index contributed by atoms with van der Waals surface area (Å²) < 4.78 is 14.2. The molecule has 0 aliphatic heterocycles. The van der Waals surface area contributed by atoms with Crippen LogP contribution in [0.2, 0.25) is 0 Å². The van der Waals surface area contributed by atoms with Crippen molar-refractivity contribution in [1.29, 1.82) is 0 Å². The fraction of sp³-hybridized carbons (Fsp3) is 0. The SMILES string of the molecule is c1ccc2c(c1)oc1c(-c3cccc4c3sc3ccc(-n5c6ccccc6c6cc7sc8ccccc8c7cc65)cc34)cccc12. The highest BCUT2D eigenvalue weighted by molar-refractivity contribution is 7.26. The largest absolute Gasteiger partial charge is 0.455 e. The van der Waals surface area contributed by atoms with Crippen LogP contribution >= 0.6 is 22.7 Å². The summed E-state index contributed by atoms with van der Waals surface area (Å²) in [5, 5.41) is 10.1. The zero-order valence-electron chi connectivity index (χ0n) is 24.5. The molecular formula is C42H23NOS2. The van der Waals surface area contributed by atoms with Gasteiger partial charge in [0.05, 0.1) is 11.0 Å². The van der Waals surface area contributed by atoms with Gasteiger partial charge in [0, 0.05) is 78.7 Å². The van der Waals surface area contributed by atoms with E-state index in [9.17, 15) is 0 Å². The maximum absolute atomic E-state index is 6.46. The van der Waals surface area contributed by atoms with E-state index in [1.807, 2.05) is 28.7 Å². The molecule has 0 saturated heterocycles. The van der Waals surface area contributed by atoms with Gasteiger partial charge in [-0.05, 0) is 48.5 Å². The summed E-state index contributed by atoms with van der Waals surface area (Å²) in [6.45, 7) is 0. The van der Waals surface area contributed by atoms with E-state index < -0.39 is 0 Å². The molecule has 4 heteroatoms. The number of furan rings is 1. The van der Waals surface area contributed by atoms with Crippen molar-refractivity contribution < 1.29 is 4.42 Å². The number of hydrogen-bond acceptors (Lipinski definition) is 3. The first-order valence-electron chi connectivity index (χ1n) is 15.5. The Hall–Kier alpha value is -5.42. The summed E-state index contributed by atoms with van der Waals surface area (Å²) in [6.07, 6.45) is 0. The molecule has 0 radical (unpaired) electrons. The molecule has 0 unspecified atom stereocenters. The van der Waals surface area contributed by atoms with E-state index in [2.05, 4.69) is 138 Å². The highest BCUT2D eigenvalue weighted by Crippen LogP contribution is 2.45. The van der Waals surface area contributed by atoms with Gasteiger partial charge >= 0.3 is 0 Å². The minimum atomic E-state index is 0.928. The molecule has 0 saturated carbocycles. The van der Waals surface area contributed by atoms with Crippen molar-refractivity contribution in [2.24, 2.45) is 0 Å². The van der Waals surface area contributed by atoms with Crippen molar-refractivity contribution >= 4 is 107 Å². The minimum absolute atomic E-state index is 0.928. The number of benzene rings is 7. The third-order valence-corrected chi connectivity index (χ3v) is 12.0. The third-order valence-electron chi connectivity index (χ3n) is 9.60. The molecule has 11 aromatic rings. The van der Waals surface area contributed by atoms with Gasteiger partial charge in [-0.1, -0.05) is 91.0 Å².